The van der Waals surface area contributed by atoms with Crippen molar-refractivity contribution in [3.63, 3.8) is 0 Å². The number of aromatic nitrogens is 1. The predicted octanol–water partition coefficient (Wildman–Crippen LogP) is 12.3. The van der Waals surface area contributed by atoms with Gasteiger partial charge in [0.15, 0.2) is 5.78 Å². The number of pyridine rings is 1. The van der Waals surface area contributed by atoms with Crippen molar-refractivity contribution in [1.82, 2.24) is 4.98 Å². The fraction of sp³-hybridized carbons (Fsp3) is 0.442. The number of halogens is 3. The Bertz CT molecular complexity index is 1950. The maximum absolute atomic E-state index is 14.5. The molecule has 1 radical (unpaired) electrons. The van der Waals surface area contributed by atoms with Gasteiger partial charge in [-0.15, -0.1) is 29.1 Å². The molecule has 2 aromatic heterocycles. The van der Waals surface area contributed by atoms with Crippen LogP contribution in [-0.4, -0.2) is 22.1 Å². The van der Waals surface area contributed by atoms with E-state index in [1.165, 1.54) is 18.3 Å². The number of nitrogens with zero attached hydrogens (tertiary/aromatic N) is 1. The first-order valence-corrected chi connectivity index (χ1v) is 17.1. The normalized spacial score (nSPS) is 14.2. The molecular formula is C43H51F3IrNO3-. The van der Waals surface area contributed by atoms with Gasteiger partial charge < -0.3 is 9.52 Å². The average Bonchev–Trinajstić information content (AvgIpc) is 3.59. The molecular weight excluding hydrogens is 828 g/mol. The number of aliphatic hydroxyl groups is 1. The Morgan fingerprint density at radius 3 is 2.08 bits per heavy atom. The molecule has 0 aliphatic heterocycles. The fourth-order valence-corrected chi connectivity index (χ4v) is 5.79. The van der Waals surface area contributed by atoms with E-state index in [1.807, 2.05) is 65.8 Å². The maximum Gasteiger partial charge on any atom is 0.417 e. The molecule has 8 heteroatoms. The van der Waals surface area contributed by atoms with Crippen LogP contribution in [0.3, 0.4) is 0 Å². The number of aliphatic hydroxyl groups excluding tert-OH is 1. The quantitative estimate of drug-likeness (QED) is 0.126. The van der Waals surface area contributed by atoms with E-state index in [2.05, 4.69) is 58.7 Å². The Morgan fingerprint density at radius 2 is 1.53 bits per heavy atom. The maximum atomic E-state index is 14.5. The van der Waals surface area contributed by atoms with Gasteiger partial charge in [0.1, 0.15) is 17.3 Å². The van der Waals surface area contributed by atoms with Crippen molar-refractivity contribution in [1.29, 1.82) is 0 Å². The molecule has 277 valence electrons. The van der Waals surface area contributed by atoms with Gasteiger partial charge in [0, 0.05) is 60.9 Å². The number of benzene rings is 2. The SMILES string of the molecule is CC(C)(C)C(=O)/C=C(\O)C(C)(C)C.CC(C)(C)Cc1ccc(C2=C(C(F)(F)F)c3ccnc(-c4[c-]c5ccccc5c(C(C)(C)C)c4)c3C2)o1.[Ir]. The van der Waals surface area contributed by atoms with E-state index >= 15 is 0 Å². The first-order valence-electron chi connectivity index (χ1n) is 17.1. The third-order valence-corrected chi connectivity index (χ3v) is 8.54. The molecule has 4 aromatic rings. The van der Waals surface area contributed by atoms with E-state index in [9.17, 15) is 23.1 Å². The standard InChI is InChI=1S/C32H31F3NO.C11H20O2.Ir/c1-30(2,3)18-21-11-12-27(37-21)25-17-24-23(28(25)32(33,34)35)13-14-36-29(24)20-15-19-9-7-8-10-22(19)26(16-20)31(4,5)6;1-10(2,3)8(12)7-9(13)11(4,5)6;/h7-14,16H,17-18H2,1-6H3;7,12H,1-6H3;/q-1;;/b;8-7-;. The number of alkyl halides is 3. The second-order valence-corrected chi connectivity index (χ2v) is 17.5. The molecule has 0 fully saturated rings. The summed E-state index contributed by atoms with van der Waals surface area (Å²) in [5.41, 5.74) is 1.63. The summed E-state index contributed by atoms with van der Waals surface area (Å²) >= 11 is 0. The summed E-state index contributed by atoms with van der Waals surface area (Å²) in [6, 6.07) is 18.4. The molecule has 0 atom stereocenters. The number of hydrogen-bond acceptors (Lipinski definition) is 4. The number of furan rings is 1. The van der Waals surface area contributed by atoms with Crippen molar-refractivity contribution in [2.75, 3.05) is 0 Å². The van der Waals surface area contributed by atoms with Crippen LogP contribution in [0.1, 0.15) is 111 Å². The number of carbonyl (C=O) groups is 1. The van der Waals surface area contributed by atoms with E-state index in [0.29, 0.717) is 29.0 Å². The zero-order chi connectivity index (χ0) is 37.6. The zero-order valence-electron chi connectivity index (χ0n) is 31.9. The smallest absolute Gasteiger partial charge is 0.417 e. The van der Waals surface area contributed by atoms with Gasteiger partial charge in [0.2, 0.25) is 0 Å². The first-order chi connectivity index (χ1) is 22.8. The van der Waals surface area contributed by atoms with Gasteiger partial charge in [-0.25, -0.2) is 0 Å². The number of allylic oxidation sites excluding steroid dienone is 4. The van der Waals surface area contributed by atoms with Gasteiger partial charge in [0.05, 0.1) is 5.57 Å². The number of rotatable bonds is 4. The number of fused-ring (bicyclic) bond motifs is 2. The van der Waals surface area contributed by atoms with Gasteiger partial charge >= 0.3 is 6.18 Å². The molecule has 0 saturated heterocycles. The van der Waals surface area contributed by atoms with Gasteiger partial charge in [0.25, 0.3) is 0 Å². The van der Waals surface area contributed by atoms with Crippen LogP contribution in [-0.2, 0) is 43.2 Å². The van der Waals surface area contributed by atoms with Crippen LogP contribution in [0.2, 0.25) is 0 Å². The van der Waals surface area contributed by atoms with Crippen molar-refractivity contribution in [2.24, 2.45) is 16.2 Å². The zero-order valence-corrected chi connectivity index (χ0v) is 34.3. The molecule has 51 heavy (non-hydrogen) atoms. The number of ketones is 1. The second kappa shape index (κ2) is 14.9. The molecule has 0 spiro atoms. The summed E-state index contributed by atoms with van der Waals surface area (Å²) in [5, 5.41) is 11.6. The second-order valence-electron chi connectivity index (χ2n) is 17.5. The van der Waals surface area contributed by atoms with E-state index in [-0.39, 0.29) is 71.2 Å². The van der Waals surface area contributed by atoms with Gasteiger partial charge in [-0.3, -0.25) is 9.78 Å². The summed E-state index contributed by atoms with van der Waals surface area (Å²) < 4.78 is 49.4. The monoisotopic (exact) mass is 879 g/mol. The molecule has 0 unspecified atom stereocenters. The first kappa shape index (κ1) is 41.9. The summed E-state index contributed by atoms with van der Waals surface area (Å²) in [6.45, 7) is 23.7. The minimum absolute atomic E-state index is 0. The summed E-state index contributed by atoms with van der Waals surface area (Å²) in [5.74, 6) is 1.06. The Kier molecular flexibility index (Phi) is 12.2. The van der Waals surface area contributed by atoms with Crippen LogP contribution in [0.15, 0.2) is 71.0 Å². The van der Waals surface area contributed by atoms with Crippen LogP contribution < -0.4 is 0 Å². The van der Waals surface area contributed by atoms with Crippen molar-refractivity contribution in [2.45, 2.75) is 108 Å². The van der Waals surface area contributed by atoms with Crippen LogP contribution in [0.25, 0.3) is 33.2 Å². The Morgan fingerprint density at radius 1 is 0.902 bits per heavy atom. The minimum atomic E-state index is -4.53. The molecule has 1 aliphatic carbocycles. The third kappa shape index (κ3) is 10.1. The van der Waals surface area contributed by atoms with Crippen LogP contribution in [0, 0.1) is 22.3 Å². The largest absolute Gasteiger partial charge is 0.512 e. The minimum Gasteiger partial charge on any atom is -0.512 e. The number of hydrogen-bond donors (Lipinski definition) is 1. The van der Waals surface area contributed by atoms with Crippen molar-refractivity contribution < 1.29 is 47.6 Å². The molecule has 0 amide bonds. The Labute approximate surface area is 315 Å². The van der Waals surface area contributed by atoms with E-state index < -0.39 is 17.2 Å². The third-order valence-electron chi connectivity index (χ3n) is 8.54. The summed E-state index contributed by atoms with van der Waals surface area (Å²) in [6.07, 6.45) is -0.986. The van der Waals surface area contributed by atoms with Crippen LogP contribution in [0.5, 0.6) is 0 Å². The fourth-order valence-electron chi connectivity index (χ4n) is 5.79. The van der Waals surface area contributed by atoms with Crippen LogP contribution >= 0.6 is 0 Å². The molecule has 2 aromatic carbocycles. The van der Waals surface area contributed by atoms with Gasteiger partial charge in [-0.05, 0) is 46.6 Å². The Hall–Kier alpha value is -3.48. The van der Waals surface area contributed by atoms with E-state index in [4.69, 9.17) is 4.42 Å². The number of carbonyl (C=O) groups excluding carboxylic acids is 1. The molecule has 4 nitrogen and oxygen atoms in total. The van der Waals surface area contributed by atoms with Crippen molar-refractivity contribution in [3.05, 3.63) is 101 Å². The van der Waals surface area contributed by atoms with Crippen molar-refractivity contribution >= 4 is 27.7 Å². The molecule has 2 heterocycles. The molecule has 5 rings (SSSR count). The summed E-state index contributed by atoms with van der Waals surface area (Å²) in [7, 11) is 0. The van der Waals surface area contributed by atoms with E-state index in [1.54, 1.807) is 12.1 Å². The summed E-state index contributed by atoms with van der Waals surface area (Å²) in [4.78, 5) is 16.1. The predicted molar refractivity (Wildman–Crippen MR) is 198 cm³/mol. The molecule has 0 saturated carbocycles. The average molecular weight is 879 g/mol. The molecule has 1 N–H and O–H groups in total. The topological polar surface area (TPSA) is 63.3 Å². The Balaban J connectivity index is 0.000000430. The van der Waals surface area contributed by atoms with E-state index in [0.717, 1.165) is 16.3 Å². The van der Waals surface area contributed by atoms with Gasteiger partial charge in [-0.1, -0.05) is 112 Å². The van der Waals surface area contributed by atoms with Gasteiger partial charge in [-0.2, -0.15) is 13.2 Å². The molecule has 0 bridgehead atoms. The molecule has 1 aliphatic rings. The van der Waals surface area contributed by atoms with Crippen molar-refractivity contribution in [3.8, 4) is 11.3 Å². The van der Waals surface area contributed by atoms with Crippen LogP contribution in [0.4, 0.5) is 13.2 Å².